The van der Waals surface area contributed by atoms with Crippen molar-refractivity contribution in [3.8, 4) is 11.9 Å². The van der Waals surface area contributed by atoms with Gasteiger partial charge in [-0.3, -0.25) is 9.80 Å². The summed E-state index contributed by atoms with van der Waals surface area (Å²) >= 11 is 0. The van der Waals surface area contributed by atoms with Crippen molar-refractivity contribution in [2.45, 2.75) is 13.1 Å². The van der Waals surface area contributed by atoms with E-state index in [0.29, 0.717) is 5.88 Å². The number of pyridine rings is 1. The molecule has 24 heavy (non-hydrogen) atoms. The van der Waals surface area contributed by atoms with Gasteiger partial charge >= 0.3 is 0 Å². The van der Waals surface area contributed by atoms with E-state index in [1.54, 1.807) is 13.3 Å². The van der Waals surface area contributed by atoms with Gasteiger partial charge in [-0.25, -0.2) is 4.98 Å². The second-order valence-corrected chi connectivity index (χ2v) is 6.07. The molecule has 1 aliphatic rings. The van der Waals surface area contributed by atoms with Gasteiger partial charge in [0, 0.05) is 51.5 Å². The maximum atomic E-state index is 8.86. The van der Waals surface area contributed by atoms with Gasteiger partial charge in [0.15, 0.2) is 0 Å². The van der Waals surface area contributed by atoms with Crippen molar-refractivity contribution in [3.05, 3.63) is 59.3 Å². The molecule has 1 aromatic heterocycles. The fourth-order valence-electron chi connectivity index (χ4n) is 2.97. The molecule has 0 unspecified atom stereocenters. The molecule has 0 atom stereocenters. The molecular formula is C19H22N4O. The molecule has 0 spiro atoms. The van der Waals surface area contributed by atoms with Gasteiger partial charge in [-0.05, 0) is 29.3 Å². The van der Waals surface area contributed by atoms with E-state index in [1.807, 2.05) is 36.4 Å². The molecule has 0 amide bonds. The first-order valence-corrected chi connectivity index (χ1v) is 8.19. The Kier molecular flexibility index (Phi) is 5.42. The number of hydrogen-bond acceptors (Lipinski definition) is 5. The van der Waals surface area contributed by atoms with E-state index in [-0.39, 0.29) is 0 Å². The quantitative estimate of drug-likeness (QED) is 0.845. The summed E-state index contributed by atoms with van der Waals surface area (Å²) < 4.78 is 5.19. The van der Waals surface area contributed by atoms with Crippen LogP contribution in [0.1, 0.15) is 16.7 Å². The van der Waals surface area contributed by atoms with Crippen molar-refractivity contribution in [1.82, 2.24) is 14.8 Å². The highest BCUT2D eigenvalue weighted by atomic mass is 16.5. The predicted molar refractivity (Wildman–Crippen MR) is 92.5 cm³/mol. The molecule has 2 heterocycles. The average Bonchev–Trinajstić information content (AvgIpc) is 2.64. The summed E-state index contributed by atoms with van der Waals surface area (Å²) in [4.78, 5) is 9.08. The zero-order chi connectivity index (χ0) is 16.8. The maximum absolute atomic E-state index is 8.86. The van der Waals surface area contributed by atoms with Crippen molar-refractivity contribution in [3.63, 3.8) is 0 Å². The molecule has 1 fully saturated rings. The molecule has 2 aromatic rings. The van der Waals surface area contributed by atoms with Gasteiger partial charge < -0.3 is 4.74 Å². The Balaban J connectivity index is 1.49. The second kappa shape index (κ2) is 7.91. The number of piperazine rings is 1. The van der Waals surface area contributed by atoms with Crippen LogP contribution in [0.4, 0.5) is 0 Å². The number of aromatic nitrogens is 1. The third kappa shape index (κ3) is 4.31. The van der Waals surface area contributed by atoms with Crippen LogP contribution in [0.25, 0.3) is 0 Å². The van der Waals surface area contributed by atoms with Crippen molar-refractivity contribution in [1.29, 1.82) is 5.26 Å². The Morgan fingerprint density at radius 1 is 1.00 bits per heavy atom. The third-order valence-corrected chi connectivity index (χ3v) is 4.37. The first kappa shape index (κ1) is 16.4. The Morgan fingerprint density at radius 3 is 2.21 bits per heavy atom. The molecular weight excluding hydrogens is 300 g/mol. The van der Waals surface area contributed by atoms with Crippen LogP contribution in [-0.2, 0) is 13.1 Å². The predicted octanol–water partition coefficient (Wildman–Crippen LogP) is 2.28. The van der Waals surface area contributed by atoms with E-state index in [2.05, 4.69) is 20.9 Å². The molecule has 5 heteroatoms. The molecule has 5 nitrogen and oxygen atoms in total. The fraction of sp³-hybridized carbons (Fsp3) is 0.368. The highest BCUT2D eigenvalue weighted by Gasteiger charge is 2.17. The lowest BCUT2D eigenvalue weighted by Crippen LogP contribution is -2.45. The van der Waals surface area contributed by atoms with Crippen LogP contribution >= 0.6 is 0 Å². The van der Waals surface area contributed by atoms with E-state index in [0.717, 1.165) is 44.8 Å². The third-order valence-electron chi connectivity index (χ3n) is 4.37. The summed E-state index contributed by atoms with van der Waals surface area (Å²) in [6.45, 7) is 6.11. The summed E-state index contributed by atoms with van der Waals surface area (Å²) in [5, 5.41) is 8.86. The minimum atomic E-state index is 0.673. The number of nitriles is 1. The molecule has 1 aromatic carbocycles. The van der Waals surface area contributed by atoms with Gasteiger partial charge in [0.1, 0.15) is 0 Å². The Labute approximate surface area is 143 Å². The minimum Gasteiger partial charge on any atom is -0.481 e. The number of methoxy groups -OCH3 is 1. The second-order valence-electron chi connectivity index (χ2n) is 6.07. The average molecular weight is 322 g/mol. The normalized spacial score (nSPS) is 15.8. The SMILES string of the molecule is COc1cc(CN2CCN(Cc3ccc(C#N)cc3)CC2)ccn1. The maximum Gasteiger partial charge on any atom is 0.213 e. The topological polar surface area (TPSA) is 52.4 Å². The zero-order valence-corrected chi connectivity index (χ0v) is 14.0. The van der Waals surface area contributed by atoms with E-state index >= 15 is 0 Å². The highest BCUT2D eigenvalue weighted by Crippen LogP contribution is 2.14. The summed E-state index contributed by atoms with van der Waals surface area (Å²) in [5.41, 5.74) is 3.22. The molecule has 0 N–H and O–H groups in total. The Morgan fingerprint density at radius 2 is 1.62 bits per heavy atom. The molecule has 0 saturated carbocycles. The number of rotatable bonds is 5. The molecule has 124 valence electrons. The van der Waals surface area contributed by atoms with Gasteiger partial charge in [0.2, 0.25) is 5.88 Å². The summed E-state index contributed by atoms with van der Waals surface area (Å²) in [7, 11) is 1.65. The van der Waals surface area contributed by atoms with Crippen molar-refractivity contribution in [2.75, 3.05) is 33.3 Å². The smallest absolute Gasteiger partial charge is 0.213 e. The lowest BCUT2D eigenvalue weighted by molar-refractivity contribution is 0.122. The lowest BCUT2D eigenvalue weighted by Gasteiger charge is -2.34. The number of hydrogen-bond donors (Lipinski definition) is 0. The summed E-state index contributed by atoms with van der Waals surface area (Å²) in [6, 6.07) is 14.1. The zero-order valence-electron chi connectivity index (χ0n) is 14.0. The fourth-order valence-corrected chi connectivity index (χ4v) is 2.97. The van der Waals surface area contributed by atoms with Crippen molar-refractivity contribution >= 4 is 0 Å². The van der Waals surface area contributed by atoms with Gasteiger partial charge in [-0.2, -0.15) is 5.26 Å². The van der Waals surface area contributed by atoms with Crippen LogP contribution in [-0.4, -0.2) is 48.1 Å². The van der Waals surface area contributed by atoms with E-state index < -0.39 is 0 Å². The van der Waals surface area contributed by atoms with Gasteiger partial charge in [0.25, 0.3) is 0 Å². The minimum absolute atomic E-state index is 0.673. The van der Waals surface area contributed by atoms with Crippen LogP contribution < -0.4 is 4.74 Å². The molecule has 0 radical (unpaired) electrons. The molecule has 1 saturated heterocycles. The lowest BCUT2D eigenvalue weighted by atomic mass is 10.1. The van der Waals surface area contributed by atoms with Crippen LogP contribution in [0.5, 0.6) is 5.88 Å². The number of nitrogens with zero attached hydrogens (tertiary/aromatic N) is 4. The largest absolute Gasteiger partial charge is 0.481 e. The molecule has 3 rings (SSSR count). The molecule has 1 aliphatic heterocycles. The van der Waals surface area contributed by atoms with E-state index in [1.165, 1.54) is 11.1 Å². The number of benzene rings is 1. The van der Waals surface area contributed by atoms with E-state index in [9.17, 15) is 0 Å². The van der Waals surface area contributed by atoms with Gasteiger partial charge in [0.05, 0.1) is 18.7 Å². The monoisotopic (exact) mass is 322 g/mol. The van der Waals surface area contributed by atoms with Crippen LogP contribution in [0.2, 0.25) is 0 Å². The first-order valence-electron chi connectivity index (χ1n) is 8.19. The highest BCUT2D eigenvalue weighted by molar-refractivity contribution is 5.31. The van der Waals surface area contributed by atoms with Gasteiger partial charge in [-0.1, -0.05) is 12.1 Å². The van der Waals surface area contributed by atoms with Crippen molar-refractivity contribution in [2.24, 2.45) is 0 Å². The Hall–Kier alpha value is -2.42. The number of ether oxygens (including phenoxy) is 1. The van der Waals surface area contributed by atoms with Crippen molar-refractivity contribution < 1.29 is 4.74 Å². The van der Waals surface area contributed by atoms with Gasteiger partial charge in [-0.15, -0.1) is 0 Å². The Bertz CT molecular complexity index is 700. The summed E-state index contributed by atoms with van der Waals surface area (Å²) in [5.74, 6) is 0.673. The van der Waals surface area contributed by atoms with Crippen LogP contribution in [0, 0.1) is 11.3 Å². The summed E-state index contributed by atoms with van der Waals surface area (Å²) in [6.07, 6.45) is 1.80. The first-order chi connectivity index (χ1) is 11.8. The molecule has 0 bridgehead atoms. The van der Waals surface area contributed by atoms with E-state index in [4.69, 9.17) is 10.00 Å². The van der Waals surface area contributed by atoms with Crippen LogP contribution in [0.15, 0.2) is 42.6 Å². The molecule has 0 aliphatic carbocycles. The van der Waals surface area contributed by atoms with Crippen LogP contribution in [0.3, 0.4) is 0 Å². The standard InChI is InChI=1S/C19H22N4O/c1-24-19-12-18(6-7-21-19)15-23-10-8-22(9-11-23)14-17-4-2-16(13-20)3-5-17/h2-7,12H,8-11,14-15H2,1H3.